The maximum atomic E-state index is 10.8. The summed E-state index contributed by atoms with van der Waals surface area (Å²) in [5.41, 5.74) is 6.92. The molecule has 0 saturated heterocycles. The Morgan fingerprint density at radius 3 is 2.82 bits per heavy atom. The molecule has 0 spiro atoms. The highest BCUT2D eigenvalue weighted by atomic mass is 35.5. The Balaban J connectivity index is 2.39. The van der Waals surface area contributed by atoms with Crippen LogP contribution in [0.15, 0.2) is 18.2 Å². The quantitative estimate of drug-likeness (QED) is 0.887. The van der Waals surface area contributed by atoms with Gasteiger partial charge in [-0.25, -0.2) is 14.5 Å². The zero-order valence-corrected chi connectivity index (χ0v) is 13.7. The van der Waals surface area contributed by atoms with Crippen molar-refractivity contribution in [3.05, 3.63) is 40.4 Å². The molecule has 0 aliphatic carbocycles. The molecule has 0 atom stereocenters. The summed E-state index contributed by atoms with van der Waals surface area (Å²) >= 11 is 6.20. The maximum Gasteiger partial charge on any atom is 0.312 e. The first-order valence-corrected chi connectivity index (χ1v) is 7.52. The topological polar surface area (TPSA) is 85.8 Å². The molecule has 2 aromatic rings. The third-order valence-electron chi connectivity index (χ3n) is 3.32. The largest absolute Gasteiger partial charge is 0.352 e. The van der Waals surface area contributed by atoms with Gasteiger partial charge in [-0.3, -0.25) is 0 Å². The van der Waals surface area contributed by atoms with E-state index in [0.29, 0.717) is 18.0 Å². The summed E-state index contributed by atoms with van der Waals surface area (Å²) in [5, 5.41) is 7.83. The third-order valence-corrected chi connectivity index (χ3v) is 3.73. The zero-order chi connectivity index (χ0) is 16.3. The van der Waals surface area contributed by atoms with Gasteiger partial charge < -0.3 is 11.1 Å². The van der Waals surface area contributed by atoms with Gasteiger partial charge in [-0.15, -0.1) is 0 Å². The molecule has 1 aromatic carbocycles. The number of aromatic nitrogens is 3. The Bertz CT molecular complexity index is 681. The van der Waals surface area contributed by atoms with E-state index >= 15 is 0 Å². The van der Waals surface area contributed by atoms with Crippen LogP contribution in [0.1, 0.15) is 37.0 Å². The van der Waals surface area contributed by atoms with Crippen LogP contribution in [-0.2, 0) is 6.42 Å². The van der Waals surface area contributed by atoms with Crippen LogP contribution < -0.4 is 11.1 Å². The Hall–Kier alpha value is -2.08. The van der Waals surface area contributed by atoms with Gasteiger partial charge >= 0.3 is 6.03 Å². The van der Waals surface area contributed by atoms with Gasteiger partial charge in [0, 0.05) is 23.9 Å². The van der Waals surface area contributed by atoms with E-state index in [4.69, 9.17) is 17.3 Å². The summed E-state index contributed by atoms with van der Waals surface area (Å²) in [6.45, 7) is 6.43. The van der Waals surface area contributed by atoms with Gasteiger partial charge in [0.1, 0.15) is 5.82 Å². The SMILES string of the molecule is Cc1c(Cl)cccc1-n1nc(C(C)C)nc1CCNC(N)=O. The fraction of sp³-hybridized carbons (Fsp3) is 0.400. The number of carbonyl (C=O) groups is 1. The first-order valence-electron chi connectivity index (χ1n) is 7.14. The molecule has 118 valence electrons. The first kappa shape index (κ1) is 16.3. The minimum absolute atomic E-state index is 0.212. The summed E-state index contributed by atoms with van der Waals surface area (Å²) in [6, 6.07) is 5.13. The van der Waals surface area contributed by atoms with Gasteiger partial charge in [-0.2, -0.15) is 5.10 Å². The van der Waals surface area contributed by atoms with E-state index < -0.39 is 6.03 Å². The van der Waals surface area contributed by atoms with Gasteiger partial charge in [0.25, 0.3) is 0 Å². The molecule has 3 N–H and O–H groups in total. The highest BCUT2D eigenvalue weighted by Crippen LogP contribution is 2.23. The lowest BCUT2D eigenvalue weighted by molar-refractivity contribution is 0.249. The Morgan fingerprint density at radius 2 is 2.18 bits per heavy atom. The van der Waals surface area contributed by atoms with Gasteiger partial charge in [-0.05, 0) is 24.6 Å². The fourth-order valence-electron chi connectivity index (χ4n) is 2.08. The number of primary amides is 1. The molecule has 0 fully saturated rings. The van der Waals surface area contributed by atoms with Crippen LogP contribution >= 0.6 is 11.6 Å². The number of rotatable bonds is 5. The number of amides is 2. The van der Waals surface area contributed by atoms with Gasteiger partial charge in [-0.1, -0.05) is 31.5 Å². The van der Waals surface area contributed by atoms with Crippen LogP contribution in [0.3, 0.4) is 0 Å². The van der Waals surface area contributed by atoms with E-state index in [9.17, 15) is 4.79 Å². The lowest BCUT2D eigenvalue weighted by atomic mass is 10.2. The lowest BCUT2D eigenvalue weighted by Crippen LogP contribution is -2.31. The monoisotopic (exact) mass is 321 g/mol. The molecule has 1 aromatic heterocycles. The van der Waals surface area contributed by atoms with Crippen LogP contribution in [0.2, 0.25) is 5.02 Å². The standard InChI is InChI=1S/C15H20ClN5O/c1-9(2)14-19-13(7-8-18-15(17)22)21(20-14)12-6-4-5-11(16)10(12)3/h4-6,9H,7-8H2,1-3H3,(H3,17,18,22). The molecular weight excluding hydrogens is 302 g/mol. The highest BCUT2D eigenvalue weighted by molar-refractivity contribution is 6.31. The Labute approximate surface area is 134 Å². The number of halogens is 1. The predicted octanol–water partition coefficient (Wildman–Crippen LogP) is 2.56. The molecule has 0 aliphatic heterocycles. The zero-order valence-electron chi connectivity index (χ0n) is 12.9. The number of benzene rings is 1. The van der Waals surface area contributed by atoms with E-state index in [-0.39, 0.29) is 5.92 Å². The van der Waals surface area contributed by atoms with Crippen molar-refractivity contribution in [2.24, 2.45) is 5.73 Å². The minimum Gasteiger partial charge on any atom is -0.352 e. The van der Waals surface area contributed by atoms with Crippen molar-refractivity contribution >= 4 is 17.6 Å². The second-order valence-corrected chi connectivity index (χ2v) is 5.78. The second kappa shape index (κ2) is 6.79. The number of nitrogens with one attached hydrogen (secondary N) is 1. The summed E-state index contributed by atoms with van der Waals surface area (Å²) < 4.78 is 1.79. The van der Waals surface area contributed by atoms with Gasteiger partial charge in [0.15, 0.2) is 5.82 Å². The third kappa shape index (κ3) is 3.57. The van der Waals surface area contributed by atoms with Crippen LogP contribution in [0.25, 0.3) is 5.69 Å². The van der Waals surface area contributed by atoms with Gasteiger partial charge in [0.05, 0.1) is 5.69 Å². The average Bonchev–Trinajstić information content (AvgIpc) is 2.86. The molecule has 22 heavy (non-hydrogen) atoms. The number of urea groups is 1. The summed E-state index contributed by atoms with van der Waals surface area (Å²) in [6.07, 6.45) is 0.536. The second-order valence-electron chi connectivity index (χ2n) is 5.38. The van der Waals surface area contributed by atoms with Crippen molar-refractivity contribution in [1.82, 2.24) is 20.1 Å². The summed E-state index contributed by atoms with van der Waals surface area (Å²) in [4.78, 5) is 15.4. The number of hydrogen-bond donors (Lipinski definition) is 2. The van der Waals surface area contributed by atoms with Gasteiger partial charge in [0.2, 0.25) is 0 Å². The molecule has 2 rings (SSSR count). The van der Waals surface area contributed by atoms with Crippen molar-refractivity contribution in [2.75, 3.05) is 6.54 Å². The molecule has 0 saturated carbocycles. The van der Waals surface area contributed by atoms with Crippen LogP contribution in [0.4, 0.5) is 4.79 Å². The molecule has 1 heterocycles. The van der Waals surface area contributed by atoms with E-state index in [1.165, 1.54) is 0 Å². The summed E-state index contributed by atoms with van der Waals surface area (Å²) in [5.74, 6) is 1.74. The number of carbonyl (C=O) groups excluding carboxylic acids is 1. The Morgan fingerprint density at radius 1 is 1.45 bits per heavy atom. The maximum absolute atomic E-state index is 10.8. The summed E-state index contributed by atoms with van der Waals surface area (Å²) in [7, 11) is 0. The van der Waals surface area contributed by atoms with Crippen LogP contribution in [0.5, 0.6) is 0 Å². The Kier molecular flexibility index (Phi) is 5.03. The average molecular weight is 322 g/mol. The number of hydrogen-bond acceptors (Lipinski definition) is 3. The van der Waals surface area contributed by atoms with Crippen molar-refractivity contribution in [3.8, 4) is 5.69 Å². The van der Waals surface area contributed by atoms with Crippen molar-refractivity contribution in [3.63, 3.8) is 0 Å². The van der Waals surface area contributed by atoms with Crippen molar-refractivity contribution in [2.45, 2.75) is 33.1 Å². The van der Waals surface area contributed by atoms with E-state index in [2.05, 4.69) is 15.4 Å². The molecular formula is C15H20ClN5O. The van der Waals surface area contributed by atoms with E-state index in [0.717, 1.165) is 22.9 Å². The molecule has 2 amide bonds. The predicted molar refractivity (Wildman–Crippen MR) is 86.5 cm³/mol. The molecule has 7 heteroatoms. The van der Waals surface area contributed by atoms with E-state index in [1.54, 1.807) is 4.68 Å². The van der Waals surface area contributed by atoms with Crippen LogP contribution in [0, 0.1) is 6.92 Å². The molecule has 0 aliphatic rings. The minimum atomic E-state index is -0.547. The van der Waals surface area contributed by atoms with Crippen molar-refractivity contribution in [1.29, 1.82) is 0 Å². The highest BCUT2D eigenvalue weighted by Gasteiger charge is 2.16. The lowest BCUT2D eigenvalue weighted by Gasteiger charge is -2.10. The normalized spacial score (nSPS) is 11.0. The van der Waals surface area contributed by atoms with E-state index in [1.807, 2.05) is 39.0 Å². The number of nitrogens with zero attached hydrogens (tertiary/aromatic N) is 3. The van der Waals surface area contributed by atoms with Crippen LogP contribution in [-0.4, -0.2) is 27.3 Å². The molecule has 0 unspecified atom stereocenters. The first-order chi connectivity index (χ1) is 10.4. The van der Waals surface area contributed by atoms with Crippen molar-refractivity contribution < 1.29 is 4.79 Å². The fourth-order valence-corrected chi connectivity index (χ4v) is 2.25. The molecule has 0 bridgehead atoms. The molecule has 0 radical (unpaired) electrons. The smallest absolute Gasteiger partial charge is 0.312 e. The number of nitrogens with two attached hydrogens (primary N) is 1. The molecule has 6 nitrogen and oxygen atoms in total.